The lowest BCUT2D eigenvalue weighted by Gasteiger charge is -2.09. The Morgan fingerprint density at radius 2 is 1.90 bits per heavy atom. The number of aromatic nitrogens is 1. The average Bonchev–Trinajstić information content (AvgIpc) is 2.40. The molecule has 0 unspecified atom stereocenters. The molecule has 1 N–H and O–H groups in total. The van der Waals surface area contributed by atoms with Crippen molar-refractivity contribution in [2.45, 2.75) is 4.90 Å². The molecule has 0 fully saturated rings. The van der Waals surface area contributed by atoms with Gasteiger partial charge in [0.15, 0.2) is 0 Å². The molecule has 1 aromatic heterocycles. The first kappa shape index (κ1) is 15.0. The molecule has 0 aliphatic rings. The summed E-state index contributed by atoms with van der Waals surface area (Å²) in [6.45, 7) is 0. The van der Waals surface area contributed by atoms with Crippen molar-refractivity contribution in [2.24, 2.45) is 0 Å². The molecular weight excluding hydrogens is 410 g/mol. The molecule has 0 bridgehead atoms. The van der Waals surface area contributed by atoms with Crippen molar-refractivity contribution >= 4 is 47.6 Å². The monoisotopic (exact) mass is 415 g/mol. The van der Waals surface area contributed by atoms with E-state index >= 15 is 0 Å². The number of pyridine rings is 1. The lowest BCUT2D eigenvalue weighted by molar-refractivity contribution is 0.600. The van der Waals surface area contributed by atoms with Crippen LogP contribution in [0.5, 0.6) is 0 Å². The third kappa shape index (κ3) is 3.36. The van der Waals surface area contributed by atoms with Crippen molar-refractivity contribution in [3.8, 4) is 6.07 Å². The van der Waals surface area contributed by atoms with E-state index < -0.39 is 10.0 Å². The van der Waals surface area contributed by atoms with E-state index in [0.29, 0.717) is 8.95 Å². The smallest absolute Gasteiger partial charge is 0.263 e. The van der Waals surface area contributed by atoms with Crippen LogP contribution in [0.25, 0.3) is 0 Å². The van der Waals surface area contributed by atoms with Crippen molar-refractivity contribution in [1.29, 1.82) is 5.26 Å². The summed E-state index contributed by atoms with van der Waals surface area (Å²) in [7, 11) is -3.79. The fraction of sp³-hybridized carbons (Fsp3) is 0. The Bertz CT molecular complexity index is 801. The first-order valence-electron chi connectivity index (χ1n) is 5.25. The third-order valence-corrected chi connectivity index (χ3v) is 4.60. The molecule has 0 amide bonds. The molecule has 20 heavy (non-hydrogen) atoms. The number of nitrogens with zero attached hydrogens (tertiary/aromatic N) is 2. The zero-order valence-electron chi connectivity index (χ0n) is 9.84. The van der Waals surface area contributed by atoms with Crippen LogP contribution < -0.4 is 4.72 Å². The van der Waals surface area contributed by atoms with Gasteiger partial charge < -0.3 is 0 Å². The first-order valence-corrected chi connectivity index (χ1v) is 8.32. The standard InChI is InChI=1S/C12H7Br2N3O2S/c13-9-1-2-12(8(3-9)5-15)17-20(18,19)11-4-10(14)6-16-7-11/h1-4,6-7,17H. The van der Waals surface area contributed by atoms with E-state index in [1.807, 2.05) is 6.07 Å². The second-order valence-electron chi connectivity index (χ2n) is 3.75. The van der Waals surface area contributed by atoms with Gasteiger partial charge in [-0.05, 0) is 40.2 Å². The van der Waals surface area contributed by atoms with Gasteiger partial charge in [0.1, 0.15) is 11.0 Å². The lowest BCUT2D eigenvalue weighted by Crippen LogP contribution is -2.14. The Morgan fingerprint density at radius 3 is 2.55 bits per heavy atom. The molecule has 1 aromatic carbocycles. The molecule has 102 valence electrons. The quantitative estimate of drug-likeness (QED) is 0.832. The molecule has 0 spiro atoms. The Morgan fingerprint density at radius 1 is 1.15 bits per heavy atom. The minimum atomic E-state index is -3.79. The highest BCUT2D eigenvalue weighted by Crippen LogP contribution is 2.23. The van der Waals surface area contributed by atoms with Gasteiger partial charge in [0.05, 0.1) is 11.3 Å². The van der Waals surface area contributed by atoms with Gasteiger partial charge in [-0.25, -0.2) is 8.42 Å². The number of sulfonamides is 1. The van der Waals surface area contributed by atoms with Crippen LogP contribution in [0.2, 0.25) is 0 Å². The molecule has 0 saturated carbocycles. The number of nitrogens with one attached hydrogen (secondary N) is 1. The summed E-state index contributed by atoms with van der Waals surface area (Å²) >= 11 is 6.39. The third-order valence-electron chi connectivity index (χ3n) is 2.34. The first-order chi connectivity index (χ1) is 9.42. The zero-order valence-corrected chi connectivity index (χ0v) is 13.8. The van der Waals surface area contributed by atoms with Crippen LogP contribution in [0.4, 0.5) is 5.69 Å². The summed E-state index contributed by atoms with van der Waals surface area (Å²) < 4.78 is 28.1. The molecule has 0 aliphatic carbocycles. The summed E-state index contributed by atoms with van der Waals surface area (Å²) in [4.78, 5) is 3.82. The molecule has 8 heteroatoms. The van der Waals surface area contributed by atoms with Gasteiger partial charge >= 0.3 is 0 Å². The minimum absolute atomic E-state index is 0.0127. The average molecular weight is 417 g/mol. The maximum absolute atomic E-state index is 12.2. The molecule has 0 radical (unpaired) electrons. The maximum atomic E-state index is 12.2. The summed E-state index contributed by atoms with van der Waals surface area (Å²) in [6, 6.07) is 8.08. The minimum Gasteiger partial charge on any atom is -0.278 e. The molecule has 5 nitrogen and oxygen atoms in total. The maximum Gasteiger partial charge on any atom is 0.263 e. The Balaban J connectivity index is 2.42. The van der Waals surface area contributed by atoms with E-state index in [1.54, 1.807) is 6.07 Å². The second-order valence-corrected chi connectivity index (χ2v) is 7.26. The highest BCUT2D eigenvalue weighted by Gasteiger charge is 2.17. The number of halogens is 2. The van der Waals surface area contributed by atoms with Crippen LogP contribution in [0.1, 0.15) is 5.56 Å². The molecule has 1 heterocycles. The van der Waals surface area contributed by atoms with Crippen molar-refractivity contribution in [3.05, 3.63) is 51.2 Å². The largest absolute Gasteiger partial charge is 0.278 e. The normalized spacial score (nSPS) is 10.8. The van der Waals surface area contributed by atoms with E-state index in [-0.39, 0.29) is 16.1 Å². The van der Waals surface area contributed by atoms with E-state index in [1.165, 1.54) is 30.6 Å². The molecule has 0 saturated heterocycles. The number of nitriles is 1. The van der Waals surface area contributed by atoms with Crippen LogP contribution in [-0.4, -0.2) is 13.4 Å². The van der Waals surface area contributed by atoms with E-state index in [9.17, 15) is 8.42 Å². The predicted octanol–water partition coefficient (Wildman–Crippen LogP) is 3.28. The lowest BCUT2D eigenvalue weighted by atomic mass is 10.2. The summed E-state index contributed by atoms with van der Waals surface area (Å²) in [5, 5.41) is 9.03. The molecule has 0 aliphatic heterocycles. The molecular formula is C12H7Br2N3O2S. The van der Waals surface area contributed by atoms with Gasteiger partial charge in [-0.3, -0.25) is 9.71 Å². The zero-order chi connectivity index (χ0) is 14.8. The van der Waals surface area contributed by atoms with Crippen LogP contribution >= 0.6 is 31.9 Å². The Hall–Kier alpha value is -1.43. The van der Waals surface area contributed by atoms with Crippen LogP contribution in [-0.2, 0) is 10.0 Å². The van der Waals surface area contributed by atoms with E-state index in [0.717, 1.165) is 0 Å². The van der Waals surface area contributed by atoms with Gasteiger partial charge in [0.25, 0.3) is 10.0 Å². The number of benzene rings is 1. The molecule has 2 aromatic rings. The van der Waals surface area contributed by atoms with Gasteiger partial charge in [0, 0.05) is 21.3 Å². The molecule has 2 rings (SSSR count). The topological polar surface area (TPSA) is 82.9 Å². The van der Waals surface area contributed by atoms with Crippen molar-refractivity contribution in [2.75, 3.05) is 4.72 Å². The van der Waals surface area contributed by atoms with Crippen molar-refractivity contribution in [3.63, 3.8) is 0 Å². The van der Waals surface area contributed by atoms with Crippen LogP contribution in [0.3, 0.4) is 0 Å². The van der Waals surface area contributed by atoms with Crippen molar-refractivity contribution < 1.29 is 8.42 Å². The molecule has 0 atom stereocenters. The number of anilines is 1. The van der Waals surface area contributed by atoms with Crippen LogP contribution in [0, 0.1) is 11.3 Å². The fourth-order valence-electron chi connectivity index (χ4n) is 1.44. The number of hydrogen-bond donors (Lipinski definition) is 1. The van der Waals surface area contributed by atoms with Crippen LogP contribution in [0.15, 0.2) is 50.5 Å². The van der Waals surface area contributed by atoms with Crippen molar-refractivity contribution in [1.82, 2.24) is 4.98 Å². The Labute approximate surface area is 133 Å². The summed E-state index contributed by atoms with van der Waals surface area (Å²) in [5.74, 6) is 0. The van der Waals surface area contributed by atoms with E-state index in [2.05, 4.69) is 41.6 Å². The summed E-state index contributed by atoms with van der Waals surface area (Å²) in [5.41, 5.74) is 0.446. The highest BCUT2D eigenvalue weighted by atomic mass is 79.9. The Kier molecular flexibility index (Phi) is 4.42. The fourth-order valence-corrected chi connectivity index (χ4v) is 3.39. The summed E-state index contributed by atoms with van der Waals surface area (Å²) in [6.07, 6.45) is 2.72. The number of rotatable bonds is 3. The van der Waals surface area contributed by atoms with Gasteiger partial charge in [-0.15, -0.1) is 0 Å². The van der Waals surface area contributed by atoms with Gasteiger partial charge in [-0.2, -0.15) is 5.26 Å². The number of hydrogen-bond acceptors (Lipinski definition) is 4. The second kappa shape index (κ2) is 5.91. The van der Waals surface area contributed by atoms with Gasteiger partial charge in [-0.1, -0.05) is 15.9 Å². The predicted molar refractivity (Wildman–Crippen MR) is 81.6 cm³/mol. The SMILES string of the molecule is N#Cc1cc(Br)ccc1NS(=O)(=O)c1cncc(Br)c1. The van der Waals surface area contributed by atoms with E-state index in [4.69, 9.17) is 5.26 Å². The highest BCUT2D eigenvalue weighted by molar-refractivity contribution is 9.10. The van der Waals surface area contributed by atoms with Gasteiger partial charge in [0.2, 0.25) is 0 Å².